The molecule has 0 aliphatic carbocycles. The Labute approximate surface area is 128 Å². The fraction of sp³-hybridized carbons (Fsp3) is 0.429. The average molecular weight is 309 g/mol. The van der Waals surface area contributed by atoms with Gasteiger partial charge >= 0.3 is 6.03 Å². The van der Waals surface area contributed by atoms with Crippen LogP contribution in [0.5, 0.6) is 5.75 Å². The molecule has 0 saturated carbocycles. The SMILES string of the molecule is COc1cccc(N2CC(C(=O)NCCSC)NC2=O)c1. The minimum atomic E-state index is -0.523. The van der Waals surface area contributed by atoms with E-state index in [2.05, 4.69) is 10.6 Å². The molecule has 2 N–H and O–H groups in total. The Morgan fingerprint density at radius 1 is 1.57 bits per heavy atom. The van der Waals surface area contributed by atoms with Crippen molar-refractivity contribution < 1.29 is 14.3 Å². The number of benzene rings is 1. The summed E-state index contributed by atoms with van der Waals surface area (Å²) in [6.45, 7) is 0.919. The van der Waals surface area contributed by atoms with Gasteiger partial charge in [-0.1, -0.05) is 6.07 Å². The van der Waals surface area contributed by atoms with E-state index in [1.807, 2.05) is 24.5 Å². The van der Waals surface area contributed by atoms with Gasteiger partial charge < -0.3 is 15.4 Å². The molecule has 0 radical (unpaired) electrons. The topological polar surface area (TPSA) is 70.7 Å². The van der Waals surface area contributed by atoms with Gasteiger partial charge in [-0.3, -0.25) is 9.69 Å². The Hall–Kier alpha value is -1.89. The summed E-state index contributed by atoms with van der Waals surface area (Å²) in [6, 6.07) is 6.42. The van der Waals surface area contributed by atoms with Gasteiger partial charge in [0.05, 0.1) is 13.7 Å². The molecule has 1 aromatic rings. The molecular weight excluding hydrogens is 290 g/mol. The van der Waals surface area contributed by atoms with Gasteiger partial charge in [0.2, 0.25) is 5.91 Å². The van der Waals surface area contributed by atoms with Gasteiger partial charge in [0.1, 0.15) is 11.8 Å². The number of amides is 3. The summed E-state index contributed by atoms with van der Waals surface area (Å²) >= 11 is 1.66. The fourth-order valence-electron chi connectivity index (χ4n) is 2.09. The molecule has 1 fully saturated rings. The quantitative estimate of drug-likeness (QED) is 0.771. The van der Waals surface area contributed by atoms with Gasteiger partial charge in [0.25, 0.3) is 0 Å². The molecule has 0 bridgehead atoms. The van der Waals surface area contributed by atoms with E-state index in [0.29, 0.717) is 24.5 Å². The van der Waals surface area contributed by atoms with Crippen molar-refractivity contribution >= 4 is 29.4 Å². The van der Waals surface area contributed by atoms with Crippen LogP contribution in [0.2, 0.25) is 0 Å². The van der Waals surface area contributed by atoms with E-state index >= 15 is 0 Å². The number of ether oxygens (including phenoxy) is 1. The van der Waals surface area contributed by atoms with Gasteiger partial charge in [-0.2, -0.15) is 11.8 Å². The third-order valence-electron chi connectivity index (χ3n) is 3.19. The number of rotatable bonds is 6. The lowest BCUT2D eigenvalue weighted by Crippen LogP contribution is -2.43. The number of hydrogen-bond donors (Lipinski definition) is 2. The highest BCUT2D eigenvalue weighted by Crippen LogP contribution is 2.23. The smallest absolute Gasteiger partial charge is 0.322 e. The first kappa shape index (κ1) is 15.5. The van der Waals surface area contributed by atoms with Crippen LogP contribution in [0.15, 0.2) is 24.3 Å². The van der Waals surface area contributed by atoms with Crippen LogP contribution in [-0.4, -0.2) is 50.2 Å². The van der Waals surface area contributed by atoms with Crippen LogP contribution < -0.4 is 20.3 Å². The number of carbonyl (C=O) groups excluding carboxylic acids is 2. The largest absolute Gasteiger partial charge is 0.497 e. The second kappa shape index (κ2) is 7.21. The Bertz CT molecular complexity index is 524. The van der Waals surface area contributed by atoms with Gasteiger partial charge in [-0.25, -0.2) is 4.79 Å². The van der Waals surface area contributed by atoms with Crippen molar-refractivity contribution in [3.8, 4) is 5.75 Å². The minimum Gasteiger partial charge on any atom is -0.497 e. The zero-order valence-corrected chi connectivity index (χ0v) is 12.9. The third kappa shape index (κ3) is 3.81. The number of thioether (sulfide) groups is 1. The Balaban J connectivity index is 2.00. The molecule has 1 unspecified atom stereocenters. The number of nitrogens with zero attached hydrogens (tertiary/aromatic N) is 1. The van der Waals surface area contributed by atoms with Crippen molar-refractivity contribution in [3.05, 3.63) is 24.3 Å². The molecule has 2 rings (SSSR count). The first-order valence-corrected chi connectivity index (χ1v) is 8.04. The molecule has 3 amide bonds. The highest BCUT2D eigenvalue weighted by atomic mass is 32.2. The van der Waals surface area contributed by atoms with E-state index in [0.717, 1.165) is 5.75 Å². The maximum absolute atomic E-state index is 12.0. The van der Waals surface area contributed by atoms with Crippen LogP contribution in [0.1, 0.15) is 0 Å². The lowest BCUT2D eigenvalue weighted by Gasteiger charge is -2.15. The van der Waals surface area contributed by atoms with Crippen LogP contribution in [-0.2, 0) is 4.79 Å². The van der Waals surface area contributed by atoms with Crippen molar-refractivity contribution in [2.75, 3.05) is 37.1 Å². The van der Waals surface area contributed by atoms with Gasteiger partial charge in [0.15, 0.2) is 0 Å². The van der Waals surface area contributed by atoms with Gasteiger partial charge in [-0.05, 0) is 18.4 Å². The summed E-state index contributed by atoms with van der Waals surface area (Å²) in [5.41, 5.74) is 0.714. The summed E-state index contributed by atoms with van der Waals surface area (Å²) in [7, 11) is 1.57. The Morgan fingerprint density at radius 2 is 2.38 bits per heavy atom. The molecule has 114 valence electrons. The molecule has 1 aliphatic rings. The van der Waals surface area contributed by atoms with Crippen LogP contribution in [0.3, 0.4) is 0 Å². The monoisotopic (exact) mass is 309 g/mol. The van der Waals surface area contributed by atoms with Gasteiger partial charge in [-0.15, -0.1) is 0 Å². The van der Waals surface area contributed by atoms with Crippen LogP contribution in [0, 0.1) is 0 Å². The molecule has 0 spiro atoms. The standard InChI is InChI=1S/C14H19N3O3S/c1-20-11-5-3-4-10(8-11)17-9-12(16-14(17)19)13(18)15-6-7-21-2/h3-5,8,12H,6-7,9H2,1-2H3,(H,15,18)(H,16,19). The number of urea groups is 1. The minimum absolute atomic E-state index is 0.150. The Kier molecular flexibility index (Phi) is 5.32. The second-order valence-electron chi connectivity index (χ2n) is 4.60. The molecule has 1 aliphatic heterocycles. The summed E-state index contributed by atoms with van der Waals surface area (Å²) in [5, 5.41) is 5.51. The number of carbonyl (C=O) groups is 2. The summed E-state index contributed by atoms with van der Waals surface area (Å²) in [6.07, 6.45) is 1.98. The van der Waals surface area contributed by atoms with E-state index in [1.165, 1.54) is 0 Å². The molecule has 7 heteroatoms. The van der Waals surface area contributed by atoms with Crippen LogP contribution >= 0.6 is 11.8 Å². The third-order valence-corrected chi connectivity index (χ3v) is 3.81. The zero-order valence-electron chi connectivity index (χ0n) is 12.1. The first-order chi connectivity index (χ1) is 10.2. The normalized spacial score (nSPS) is 17.5. The molecule has 1 aromatic carbocycles. The highest BCUT2D eigenvalue weighted by Gasteiger charge is 2.34. The fourth-order valence-corrected chi connectivity index (χ4v) is 2.39. The predicted octanol–water partition coefficient (Wildman–Crippen LogP) is 1.07. The van der Waals surface area contributed by atoms with E-state index in [-0.39, 0.29) is 11.9 Å². The predicted molar refractivity (Wildman–Crippen MR) is 84.1 cm³/mol. The van der Waals surface area contributed by atoms with E-state index in [4.69, 9.17) is 4.74 Å². The van der Waals surface area contributed by atoms with Crippen LogP contribution in [0.25, 0.3) is 0 Å². The Morgan fingerprint density at radius 3 is 3.10 bits per heavy atom. The second-order valence-corrected chi connectivity index (χ2v) is 5.58. The molecule has 21 heavy (non-hydrogen) atoms. The lowest BCUT2D eigenvalue weighted by molar-refractivity contribution is -0.122. The molecular formula is C14H19N3O3S. The van der Waals surface area contributed by atoms with Crippen molar-refractivity contribution in [1.82, 2.24) is 10.6 Å². The average Bonchev–Trinajstić information content (AvgIpc) is 2.89. The number of nitrogens with one attached hydrogen (secondary N) is 2. The molecule has 1 atom stereocenters. The maximum Gasteiger partial charge on any atom is 0.322 e. The van der Waals surface area contributed by atoms with Crippen molar-refractivity contribution in [2.24, 2.45) is 0 Å². The number of hydrogen-bond acceptors (Lipinski definition) is 4. The van der Waals surface area contributed by atoms with Crippen molar-refractivity contribution in [2.45, 2.75) is 6.04 Å². The van der Waals surface area contributed by atoms with Gasteiger partial charge in [0, 0.05) is 24.1 Å². The van der Waals surface area contributed by atoms with Crippen molar-refractivity contribution in [1.29, 1.82) is 0 Å². The maximum atomic E-state index is 12.0. The van der Waals surface area contributed by atoms with Crippen molar-refractivity contribution in [3.63, 3.8) is 0 Å². The summed E-state index contributed by atoms with van der Waals surface area (Å²) in [4.78, 5) is 25.5. The zero-order chi connectivity index (χ0) is 15.2. The van der Waals surface area contributed by atoms with E-state index < -0.39 is 6.04 Å². The van der Waals surface area contributed by atoms with Crippen LogP contribution in [0.4, 0.5) is 10.5 Å². The van der Waals surface area contributed by atoms with E-state index in [9.17, 15) is 9.59 Å². The lowest BCUT2D eigenvalue weighted by atomic mass is 10.2. The first-order valence-electron chi connectivity index (χ1n) is 6.64. The number of methoxy groups -OCH3 is 1. The molecule has 1 saturated heterocycles. The highest BCUT2D eigenvalue weighted by molar-refractivity contribution is 7.98. The summed E-state index contributed by atoms with van der Waals surface area (Å²) in [5.74, 6) is 1.38. The summed E-state index contributed by atoms with van der Waals surface area (Å²) < 4.78 is 5.15. The molecule has 0 aromatic heterocycles. The van der Waals surface area contributed by atoms with E-state index in [1.54, 1.807) is 29.8 Å². The molecule has 6 nitrogen and oxygen atoms in total. The number of anilines is 1. The molecule has 1 heterocycles.